The van der Waals surface area contributed by atoms with Gasteiger partial charge in [-0.25, -0.2) is 0 Å². The Labute approximate surface area is 112 Å². The van der Waals surface area contributed by atoms with E-state index in [0.29, 0.717) is 0 Å². The van der Waals surface area contributed by atoms with Crippen molar-refractivity contribution in [3.8, 4) is 5.75 Å². The molecule has 98 valence electrons. The van der Waals surface area contributed by atoms with Gasteiger partial charge in [0.2, 0.25) is 0 Å². The third-order valence-electron chi connectivity index (χ3n) is 3.17. The zero-order valence-corrected chi connectivity index (χ0v) is 10.7. The predicted molar refractivity (Wildman–Crippen MR) is 75.2 cm³/mol. The molecular weight excluding hydrogens is 238 g/mol. The Balaban J connectivity index is 1.40. The van der Waals surface area contributed by atoms with Crippen LogP contribution in [-0.4, -0.2) is 19.2 Å². The number of nitrogens with one attached hydrogen (secondary N) is 1. The molecule has 0 aliphatic carbocycles. The fourth-order valence-electron chi connectivity index (χ4n) is 2.26. The van der Waals surface area contributed by atoms with Crippen LogP contribution in [0.5, 0.6) is 5.75 Å². The monoisotopic (exact) mass is 255 g/mol. The van der Waals surface area contributed by atoms with Crippen molar-refractivity contribution >= 4 is 6.08 Å². The first-order valence-corrected chi connectivity index (χ1v) is 6.57. The van der Waals surface area contributed by atoms with Gasteiger partial charge in [0.25, 0.3) is 0 Å². The molecule has 3 rings (SSSR count). The third-order valence-corrected chi connectivity index (χ3v) is 3.17. The maximum absolute atomic E-state index is 5.85. The number of fused-ring (bicyclic) bond motifs is 1. The molecule has 3 heteroatoms. The normalized spacial score (nSPS) is 17.6. The summed E-state index contributed by atoms with van der Waals surface area (Å²) in [5, 5.41) is 3.37. The lowest BCUT2D eigenvalue weighted by atomic mass is 10.1. The van der Waals surface area contributed by atoms with Gasteiger partial charge >= 0.3 is 0 Å². The second-order valence-electron chi connectivity index (χ2n) is 4.63. The molecule has 0 saturated heterocycles. The molecule has 1 aliphatic rings. The SMILES string of the molecule is C(=Cc1ccco1)CNCC1Cc2ccccc2O1. The van der Waals surface area contributed by atoms with Gasteiger partial charge in [-0.15, -0.1) is 0 Å². The first-order chi connectivity index (χ1) is 9.42. The molecule has 0 saturated carbocycles. The number of hydrogen-bond acceptors (Lipinski definition) is 3. The first-order valence-electron chi connectivity index (χ1n) is 6.57. The molecule has 19 heavy (non-hydrogen) atoms. The van der Waals surface area contributed by atoms with Crippen LogP contribution < -0.4 is 10.1 Å². The van der Waals surface area contributed by atoms with Crippen LogP contribution >= 0.6 is 0 Å². The van der Waals surface area contributed by atoms with E-state index >= 15 is 0 Å². The van der Waals surface area contributed by atoms with Crippen molar-refractivity contribution in [3.63, 3.8) is 0 Å². The molecule has 1 aliphatic heterocycles. The average Bonchev–Trinajstić information content (AvgIpc) is 3.06. The number of benzene rings is 1. The highest BCUT2D eigenvalue weighted by Gasteiger charge is 2.21. The number of hydrogen-bond donors (Lipinski definition) is 1. The number of rotatable bonds is 5. The highest BCUT2D eigenvalue weighted by atomic mass is 16.5. The first kappa shape index (κ1) is 12.1. The van der Waals surface area contributed by atoms with Crippen molar-refractivity contribution < 1.29 is 9.15 Å². The largest absolute Gasteiger partial charge is 0.488 e. The Morgan fingerprint density at radius 1 is 1.21 bits per heavy atom. The smallest absolute Gasteiger partial charge is 0.126 e. The van der Waals surface area contributed by atoms with E-state index in [4.69, 9.17) is 9.15 Å². The Morgan fingerprint density at radius 2 is 2.16 bits per heavy atom. The molecule has 1 unspecified atom stereocenters. The quantitative estimate of drug-likeness (QED) is 0.834. The standard InChI is InChI=1S/C16H17NO2/c1-2-8-16-13(5-1)11-15(19-16)12-17-9-3-6-14-7-4-10-18-14/h1-8,10,15,17H,9,11-12H2. The summed E-state index contributed by atoms with van der Waals surface area (Å²) < 4.78 is 11.1. The summed E-state index contributed by atoms with van der Waals surface area (Å²) in [6.45, 7) is 1.67. The Bertz CT molecular complexity index is 521. The molecule has 0 bridgehead atoms. The van der Waals surface area contributed by atoms with E-state index in [0.717, 1.165) is 31.0 Å². The minimum Gasteiger partial charge on any atom is -0.488 e. The predicted octanol–water partition coefficient (Wildman–Crippen LogP) is 2.89. The summed E-state index contributed by atoms with van der Waals surface area (Å²) >= 11 is 0. The van der Waals surface area contributed by atoms with E-state index in [1.54, 1.807) is 6.26 Å². The van der Waals surface area contributed by atoms with Crippen molar-refractivity contribution in [1.29, 1.82) is 0 Å². The van der Waals surface area contributed by atoms with Crippen molar-refractivity contribution in [2.24, 2.45) is 0 Å². The number of furan rings is 1. The van der Waals surface area contributed by atoms with Gasteiger partial charge in [0.15, 0.2) is 0 Å². The van der Waals surface area contributed by atoms with Gasteiger partial charge in [0, 0.05) is 19.5 Å². The second kappa shape index (κ2) is 5.76. The van der Waals surface area contributed by atoms with Crippen molar-refractivity contribution in [3.05, 3.63) is 60.1 Å². The van der Waals surface area contributed by atoms with E-state index in [1.165, 1.54) is 5.56 Å². The fraction of sp³-hybridized carbons (Fsp3) is 0.250. The zero-order valence-electron chi connectivity index (χ0n) is 10.7. The van der Waals surface area contributed by atoms with Gasteiger partial charge < -0.3 is 14.5 Å². The average molecular weight is 255 g/mol. The third kappa shape index (κ3) is 3.06. The molecule has 2 heterocycles. The maximum Gasteiger partial charge on any atom is 0.126 e. The van der Waals surface area contributed by atoms with Crippen LogP contribution in [0.4, 0.5) is 0 Å². The molecule has 0 fully saturated rings. The Morgan fingerprint density at radius 3 is 3.00 bits per heavy atom. The van der Waals surface area contributed by atoms with E-state index in [2.05, 4.69) is 23.5 Å². The summed E-state index contributed by atoms with van der Waals surface area (Å²) in [5.41, 5.74) is 1.31. The molecule has 1 aromatic heterocycles. The van der Waals surface area contributed by atoms with Crippen LogP contribution in [-0.2, 0) is 6.42 Å². The van der Waals surface area contributed by atoms with Gasteiger partial charge in [-0.2, -0.15) is 0 Å². The minimum absolute atomic E-state index is 0.245. The van der Waals surface area contributed by atoms with E-state index in [1.807, 2.05) is 30.3 Å². The highest BCUT2D eigenvalue weighted by molar-refractivity contribution is 5.42. The van der Waals surface area contributed by atoms with Gasteiger partial charge in [0.1, 0.15) is 17.6 Å². The summed E-state index contributed by atoms with van der Waals surface area (Å²) in [6, 6.07) is 12.1. The van der Waals surface area contributed by atoms with Gasteiger partial charge in [-0.05, 0) is 29.8 Å². The molecule has 3 nitrogen and oxygen atoms in total. The van der Waals surface area contributed by atoms with Crippen molar-refractivity contribution in [1.82, 2.24) is 5.32 Å². The van der Waals surface area contributed by atoms with Crippen LogP contribution in [0.2, 0.25) is 0 Å². The highest BCUT2D eigenvalue weighted by Crippen LogP contribution is 2.27. The van der Waals surface area contributed by atoms with E-state index in [9.17, 15) is 0 Å². The van der Waals surface area contributed by atoms with Gasteiger partial charge in [-0.3, -0.25) is 0 Å². The number of para-hydroxylation sites is 1. The molecule has 1 atom stereocenters. The second-order valence-corrected chi connectivity index (χ2v) is 4.63. The summed E-state index contributed by atoms with van der Waals surface area (Å²) in [6.07, 6.45) is 6.94. The minimum atomic E-state index is 0.245. The summed E-state index contributed by atoms with van der Waals surface area (Å²) in [4.78, 5) is 0. The van der Waals surface area contributed by atoms with Crippen LogP contribution in [0.15, 0.2) is 53.2 Å². The van der Waals surface area contributed by atoms with Crippen molar-refractivity contribution in [2.45, 2.75) is 12.5 Å². The number of ether oxygens (including phenoxy) is 1. The Kier molecular flexibility index (Phi) is 3.65. The zero-order chi connectivity index (χ0) is 12.9. The van der Waals surface area contributed by atoms with Crippen LogP contribution in [0.25, 0.3) is 6.08 Å². The molecule has 2 aromatic rings. The summed E-state index contributed by atoms with van der Waals surface area (Å²) in [7, 11) is 0. The molecule has 1 aromatic carbocycles. The van der Waals surface area contributed by atoms with E-state index < -0.39 is 0 Å². The lowest BCUT2D eigenvalue weighted by Gasteiger charge is -2.10. The maximum atomic E-state index is 5.85. The molecule has 0 spiro atoms. The van der Waals surface area contributed by atoms with Crippen LogP contribution in [0.1, 0.15) is 11.3 Å². The summed E-state index contributed by atoms with van der Waals surface area (Å²) in [5.74, 6) is 1.91. The van der Waals surface area contributed by atoms with E-state index in [-0.39, 0.29) is 6.10 Å². The molecule has 1 N–H and O–H groups in total. The molecule has 0 amide bonds. The lowest BCUT2D eigenvalue weighted by Crippen LogP contribution is -2.30. The van der Waals surface area contributed by atoms with Crippen LogP contribution in [0, 0.1) is 0 Å². The van der Waals surface area contributed by atoms with Crippen LogP contribution in [0.3, 0.4) is 0 Å². The molecular formula is C16H17NO2. The Hall–Kier alpha value is -2.00. The van der Waals surface area contributed by atoms with Gasteiger partial charge in [-0.1, -0.05) is 24.3 Å². The fourth-order valence-corrected chi connectivity index (χ4v) is 2.26. The lowest BCUT2D eigenvalue weighted by molar-refractivity contribution is 0.229. The van der Waals surface area contributed by atoms with Crippen molar-refractivity contribution in [2.75, 3.05) is 13.1 Å². The van der Waals surface area contributed by atoms with Gasteiger partial charge in [0.05, 0.1) is 6.26 Å². The topological polar surface area (TPSA) is 34.4 Å². The molecule has 0 radical (unpaired) electrons.